The molecule has 74 valence electrons. The third-order valence-corrected chi connectivity index (χ3v) is 2.51. The minimum Gasteiger partial charge on any atom is -0.358 e. The molecule has 0 aliphatic carbocycles. The molecule has 0 saturated heterocycles. The molecule has 0 radical (unpaired) electrons. The molecule has 0 heterocycles. The highest BCUT2D eigenvalue weighted by molar-refractivity contribution is 8.93. The van der Waals surface area contributed by atoms with Gasteiger partial charge in [-0.05, 0) is 38.2 Å². The van der Waals surface area contributed by atoms with Gasteiger partial charge in [-0.1, -0.05) is 17.2 Å². The van der Waals surface area contributed by atoms with Gasteiger partial charge in [0.15, 0.2) is 0 Å². The molecule has 1 aromatic rings. The van der Waals surface area contributed by atoms with Crippen LogP contribution in [0.2, 0.25) is 0 Å². The highest BCUT2D eigenvalue weighted by Crippen LogP contribution is 2.13. The fraction of sp³-hybridized carbons (Fsp3) is 0.400. The van der Waals surface area contributed by atoms with E-state index in [2.05, 4.69) is 32.0 Å². The summed E-state index contributed by atoms with van der Waals surface area (Å²) in [5.41, 5.74) is 2.63. The number of aryl methyl sites for hydroxylation is 2. The van der Waals surface area contributed by atoms with Crippen LogP contribution in [0.5, 0.6) is 0 Å². The zero-order valence-electron chi connectivity index (χ0n) is 8.26. The number of rotatable bonds is 3. The van der Waals surface area contributed by atoms with Gasteiger partial charge in [-0.2, -0.15) is 0 Å². The molecule has 1 atom stereocenters. The van der Waals surface area contributed by atoms with Crippen molar-refractivity contribution < 1.29 is 4.52 Å². The van der Waals surface area contributed by atoms with Gasteiger partial charge in [0, 0.05) is 15.4 Å². The van der Waals surface area contributed by atoms with E-state index in [1.165, 1.54) is 16.4 Å². The van der Waals surface area contributed by atoms with Crippen molar-refractivity contribution in [2.24, 2.45) is 0 Å². The lowest BCUT2D eigenvalue weighted by atomic mass is 10.2. The van der Waals surface area contributed by atoms with E-state index in [4.69, 9.17) is 4.52 Å². The molecule has 0 spiro atoms. The van der Waals surface area contributed by atoms with Gasteiger partial charge in [0.25, 0.3) is 0 Å². The number of hydrogen-bond acceptors (Lipinski definition) is 1. The second kappa shape index (κ2) is 6.53. The van der Waals surface area contributed by atoms with Crippen LogP contribution in [0.3, 0.4) is 0 Å². The van der Waals surface area contributed by atoms with Crippen LogP contribution < -0.4 is 5.30 Å². The van der Waals surface area contributed by atoms with Gasteiger partial charge in [0.2, 0.25) is 0 Å². The normalized spacial score (nSPS) is 10.4. The van der Waals surface area contributed by atoms with Crippen LogP contribution >= 0.6 is 25.8 Å². The maximum atomic E-state index is 5.36. The van der Waals surface area contributed by atoms with Gasteiger partial charge in [-0.3, -0.25) is 0 Å². The molecule has 0 N–H and O–H groups in total. The molecule has 0 amide bonds. The van der Waals surface area contributed by atoms with Crippen molar-refractivity contribution in [2.75, 3.05) is 6.61 Å². The molecule has 0 bridgehead atoms. The monoisotopic (exact) mass is 262 g/mol. The van der Waals surface area contributed by atoms with Crippen molar-refractivity contribution in [3.8, 4) is 0 Å². The van der Waals surface area contributed by atoms with Crippen LogP contribution in [0.15, 0.2) is 18.2 Å². The molecule has 1 nitrogen and oxygen atoms in total. The Morgan fingerprint density at radius 1 is 1.15 bits per heavy atom. The Balaban J connectivity index is 0.00000144. The molecular formula is C10H16BrOP. The van der Waals surface area contributed by atoms with Crippen molar-refractivity contribution in [1.29, 1.82) is 0 Å². The lowest BCUT2D eigenvalue weighted by Gasteiger charge is -2.03. The van der Waals surface area contributed by atoms with E-state index >= 15 is 0 Å². The van der Waals surface area contributed by atoms with Crippen LogP contribution in [0, 0.1) is 13.8 Å². The number of benzene rings is 1. The fourth-order valence-electron chi connectivity index (χ4n) is 1.19. The summed E-state index contributed by atoms with van der Waals surface area (Å²) in [6.45, 7) is 7.06. The average Bonchev–Trinajstić information content (AvgIpc) is 1.99. The molecule has 1 unspecified atom stereocenters. The molecule has 0 aliphatic heterocycles. The summed E-state index contributed by atoms with van der Waals surface area (Å²) in [7, 11) is 0.497. The first-order valence-corrected chi connectivity index (χ1v) is 5.09. The maximum absolute atomic E-state index is 5.36. The van der Waals surface area contributed by atoms with E-state index in [1.807, 2.05) is 6.92 Å². The minimum absolute atomic E-state index is 0. The summed E-state index contributed by atoms with van der Waals surface area (Å²) < 4.78 is 5.36. The molecule has 13 heavy (non-hydrogen) atoms. The average molecular weight is 263 g/mol. The van der Waals surface area contributed by atoms with Gasteiger partial charge < -0.3 is 4.52 Å². The van der Waals surface area contributed by atoms with E-state index < -0.39 is 0 Å². The molecule has 0 aromatic heterocycles. The first-order chi connectivity index (χ1) is 5.72. The zero-order valence-corrected chi connectivity index (χ0v) is 11.0. The van der Waals surface area contributed by atoms with Gasteiger partial charge in [-0.15, -0.1) is 17.0 Å². The van der Waals surface area contributed by atoms with Gasteiger partial charge in [0.05, 0.1) is 0 Å². The Morgan fingerprint density at radius 3 is 2.15 bits per heavy atom. The molecule has 0 aliphatic rings. The van der Waals surface area contributed by atoms with Gasteiger partial charge >= 0.3 is 0 Å². The van der Waals surface area contributed by atoms with E-state index in [9.17, 15) is 0 Å². The highest BCUT2D eigenvalue weighted by Gasteiger charge is 1.94. The second-order valence-electron chi connectivity index (χ2n) is 2.91. The summed E-state index contributed by atoms with van der Waals surface area (Å²) in [5.74, 6) is 0. The Labute approximate surface area is 92.5 Å². The Hall–Kier alpha value is 0.0900. The quantitative estimate of drug-likeness (QED) is 0.761. The van der Waals surface area contributed by atoms with E-state index in [1.54, 1.807) is 0 Å². The van der Waals surface area contributed by atoms with Crippen molar-refractivity contribution in [3.05, 3.63) is 29.3 Å². The second-order valence-corrected chi connectivity index (χ2v) is 3.98. The summed E-state index contributed by atoms with van der Waals surface area (Å²) in [5, 5.41) is 1.30. The summed E-state index contributed by atoms with van der Waals surface area (Å²) in [6, 6.07) is 6.54. The Bertz CT molecular complexity index is 243. The Kier molecular flexibility index (Phi) is 6.58. The largest absolute Gasteiger partial charge is 0.358 e. The SMILES string of the molecule is Br.CCOPc1cc(C)cc(C)c1. The third kappa shape index (κ3) is 4.75. The predicted octanol–water partition coefficient (Wildman–Crippen LogP) is 3.14. The number of hydrogen-bond donors (Lipinski definition) is 0. The minimum atomic E-state index is 0. The van der Waals surface area contributed by atoms with E-state index in [0.717, 1.165) is 6.61 Å². The maximum Gasteiger partial charge on any atom is 0.0481 e. The van der Waals surface area contributed by atoms with Crippen molar-refractivity contribution in [3.63, 3.8) is 0 Å². The first kappa shape index (κ1) is 13.1. The third-order valence-electron chi connectivity index (χ3n) is 1.56. The fourth-order valence-corrected chi connectivity index (χ4v) is 2.07. The summed E-state index contributed by atoms with van der Waals surface area (Å²) >= 11 is 0. The smallest absolute Gasteiger partial charge is 0.0481 e. The highest BCUT2D eigenvalue weighted by atomic mass is 79.9. The topological polar surface area (TPSA) is 9.23 Å². The van der Waals surface area contributed by atoms with Gasteiger partial charge in [0.1, 0.15) is 0 Å². The van der Waals surface area contributed by atoms with Crippen molar-refractivity contribution in [2.45, 2.75) is 20.8 Å². The zero-order chi connectivity index (χ0) is 8.97. The van der Waals surface area contributed by atoms with Crippen LogP contribution in [0.4, 0.5) is 0 Å². The predicted molar refractivity (Wildman–Crippen MR) is 65.8 cm³/mol. The van der Waals surface area contributed by atoms with Crippen molar-refractivity contribution >= 4 is 31.1 Å². The standard InChI is InChI=1S/C10H15OP.BrH/c1-4-11-12-10-6-8(2)5-9(3)7-10;/h5-7,12H,4H2,1-3H3;1H. The molecular weight excluding hydrogens is 247 g/mol. The molecule has 3 heteroatoms. The van der Waals surface area contributed by atoms with Gasteiger partial charge in [-0.25, -0.2) is 0 Å². The van der Waals surface area contributed by atoms with E-state index in [-0.39, 0.29) is 17.0 Å². The summed E-state index contributed by atoms with van der Waals surface area (Å²) in [6.07, 6.45) is 0. The number of halogens is 1. The van der Waals surface area contributed by atoms with Crippen LogP contribution in [0.1, 0.15) is 18.1 Å². The molecule has 1 aromatic carbocycles. The van der Waals surface area contributed by atoms with E-state index in [0.29, 0.717) is 8.81 Å². The molecule has 0 saturated carbocycles. The first-order valence-electron chi connectivity index (χ1n) is 4.18. The summed E-state index contributed by atoms with van der Waals surface area (Å²) in [4.78, 5) is 0. The van der Waals surface area contributed by atoms with Crippen molar-refractivity contribution in [1.82, 2.24) is 0 Å². The molecule has 0 fully saturated rings. The molecule has 1 rings (SSSR count). The lowest BCUT2D eigenvalue weighted by Crippen LogP contribution is -1.97. The lowest BCUT2D eigenvalue weighted by molar-refractivity contribution is 0.394. The Morgan fingerprint density at radius 2 is 1.69 bits per heavy atom. The van der Waals surface area contributed by atoms with Crippen LogP contribution in [0.25, 0.3) is 0 Å². The van der Waals surface area contributed by atoms with Crippen LogP contribution in [-0.2, 0) is 4.52 Å². The van der Waals surface area contributed by atoms with Crippen LogP contribution in [-0.4, -0.2) is 6.61 Å².